The summed E-state index contributed by atoms with van der Waals surface area (Å²) >= 11 is 0. The highest BCUT2D eigenvalue weighted by Gasteiger charge is 1.87. The average molecular weight is 171 g/mol. The van der Waals surface area contributed by atoms with E-state index in [0.717, 1.165) is 25.9 Å². The maximum absolute atomic E-state index is 8.51. The first-order valence-corrected chi connectivity index (χ1v) is 4.84. The molecule has 0 spiro atoms. The molecule has 2 nitrogen and oxygen atoms in total. The second kappa shape index (κ2) is 10.7. The molecule has 0 heterocycles. The highest BCUT2D eigenvalue weighted by molar-refractivity contribution is 4.78. The van der Waals surface area contributed by atoms with E-state index in [-0.39, 0.29) is 0 Å². The van der Waals surface area contributed by atoms with Gasteiger partial charge in [-0.3, -0.25) is 0 Å². The Balaban J connectivity index is 2.81. The van der Waals surface area contributed by atoms with Gasteiger partial charge in [-0.05, 0) is 26.3 Å². The van der Waals surface area contributed by atoms with E-state index in [2.05, 4.69) is 17.5 Å². The van der Waals surface area contributed by atoms with E-state index in [0.29, 0.717) is 6.61 Å². The Bertz CT molecular complexity index is 102. The Labute approximate surface area is 75.7 Å². The van der Waals surface area contributed by atoms with Gasteiger partial charge in [0.2, 0.25) is 0 Å². The van der Waals surface area contributed by atoms with Gasteiger partial charge in [0.1, 0.15) is 0 Å². The summed E-state index contributed by atoms with van der Waals surface area (Å²) in [5, 5.41) is 11.8. The van der Waals surface area contributed by atoms with Crippen molar-refractivity contribution in [2.24, 2.45) is 0 Å². The van der Waals surface area contributed by atoms with Crippen LogP contribution in [0.15, 0.2) is 12.2 Å². The largest absolute Gasteiger partial charge is 0.396 e. The smallest absolute Gasteiger partial charge is 0.0431 e. The lowest BCUT2D eigenvalue weighted by Gasteiger charge is -2.00. The highest BCUT2D eigenvalue weighted by Crippen LogP contribution is 1.97. The Kier molecular flexibility index (Phi) is 10.4. The summed E-state index contributed by atoms with van der Waals surface area (Å²) in [5.41, 5.74) is 0. The van der Waals surface area contributed by atoms with Crippen LogP contribution in [0.2, 0.25) is 0 Å². The van der Waals surface area contributed by atoms with Crippen LogP contribution in [0.5, 0.6) is 0 Å². The van der Waals surface area contributed by atoms with Crippen molar-refractivity contribution in [3.05, 3.63) is 12.2 Å². The van der Waals surface area contributed by atoms with E-state index in [1.54, 1.807) is 0 Å². The van der Waals surface area contributed by atoms with Crippen molar-refractivity contribution < 1.29 is 5.11 Å². The number of aliphatic hydroxyl groups is 1. The van der Waals surface area contributed by atoms with Gasteiger partial charge in [0.05, 0.1) is 0 Å². The van der Waals surface area contributed by atoms with Crippen molar-refractivity contribution in [2.45, 2.75) is 32.6 Å². The van der Waals surface area contributed by atoms with E-state index >= 15 is 0 Å². The van der Waals surface area contributed by atoms with Crippen molar-refractivity contribution in [3.8, 4) is 0 Å². The van der Waals surface area contributed by atoms with Crippen LogP contribution in [0.3, 0.4) is 0 Å². The average Bonchev–Trinajstić information content (AvgIpc) is 2.10. The summed E-state index contributed by atoms with van der Waals surface area (Å²) in [5.74, 6) is 0. The maximum atomic E-state index is 8.51. The second-order valence-corrected chi connectivity index (χ2v) is 2.91. The van der Waals surface area contributed by atoms with Gasteiger partial charge in [0.15, 0.2) is 0 Å². The fraction of sp³-hybridized carbons (Fsp3) is 0.800. The predicted molar refractivity (Wildman–Crippen MR) is 53.2 cm³/mol. The standard InChI is InChI=1S/C10H21NO/c1-2-3-8-11-9-6-4-5-7-10-12/h2-3,11-12H,4-10H2,1H3. The number of hydrogen-bond donors (Lipinski definition) is 2. The van der Waals surface area contributed by atoms with Gasteiger partial charge in [0, 0.05) is 13.2 Å². The molecule has 0 aromatic heterocycles. The van der Waals surface area contributed by atoms with Gasteiger partial charge >= 0.3 is 0 Å². The molecule has 0 bridgehead atoms. The first-order chi connectivity index (χ1) is 5.91. The number of rotatable bonds is 8. The molecule has 0 fully saturated rings. The molecule has 0 aromatic rings. The van der Waals surface area contributed by atoms with Crippen LogP contribution < -0.4 is 5.32 Å². The lowest BCUT2D eigenvalue weighted by atomic mass is 10.2. The number of unbranched alkanes of at least 4 members (excludes halogenated alkanes) is 3. The van der Waals surface area contributed by atoms with Crippen molar-refractivity contribution in [1.29, 1.82) is 0 Å². The molecular formula is C10H21NO. The van der Waals surface area contributed by atoms with Crippen LogP contribution in [0.4, 0.5) is 0 Å². The first-order valence-electron chi connectivity index (χ1n) is 4.84. The molecule has 0 amide bonds. The maximum Gasteiger partial charge on any atom is 0.0431 e. The zero-order valence-corrected chi connectivity index (χ0v) is 8.05. The Morgan fingerprint density at radius 3 is 2.58 bits per heavy atom. The molecule has 12 heavy (non-hydrogen) atoms. The molecule has 2 heteroatoms. The molecule has 0 rings (SSSR count). The van der Waals surface area contributed by atoms with Crippen LogP contribution in [0, 0.1) is 0 Å². The Morgan fingerprint density at radius 1 is 1.17 bits per heavy atom. The third kappa shape index (κ3) is 9.66. The zero-order valence-electron chi connectivity index (χ0n) is 8.05. The van der Waals surface area contributed by atoms with E-state index in [9.17, 15) is 0 Å². The molecule has 0 saturated carbocycles. The summed E-state index contributed by atoms with van der Waals surface area (Å²) in [4.78, 5) is 0. The summed E-state index contributed by atoms with van der Waals surface area (Å²) in [7, 11) is 0. The molecule has 72 valence electrons. The van der Waals surface area contributed by atoms with E-state index < -0.39 is 0 Å². The fourth-order valence-electron chi connectivity index (χ4n) is 1.02. The third-order valence-corrected chi connectivity index (χ3v) is 1.76. The van der Waals surface area contributed by atoms with Crippen molar-refractivity contribution >= 4 is 0 Å². The van der Waals surface area contributed by atoms with E-state index in [1.807, 2.05) is 6.92 Å². The highest BCUT2D eigenvalue weighted by atomic mass is 16.2. The number of nitrogens with one attached hydrogen (secondary N) is 1. The van der Waals surface area contributed by atoms with Crippen LogP contribution in [-0.2, 0) is 0 Å². The number of allylic oxidation sites excluding steroid dienone is 1. The SMILES string of the molecule is CC=CCNCCCCCCO. The minimum atomic E-state index is 0.339. The van der Waals surface area contributed by atoms with E-state index in [1.165, 1.54) is 12.8 Å². The minimum Gasteiger partial charge on any atom is -0.396 e. The van der Waals surface area contributed by atoms with Crippen molar-refractivity contribution in [3.63, 3.8) is 0 Å². The predicted octanol–water partition coefficient (Wildman–Crippen LogP) is 1.70. The number of aliphatic hydroxyl groups excluding tert-OH is 1. The monoisotopic (exact) mass is 171 g/mol. The third-order valence-electron chi connectivity index (χ3n) is 1.76. The molecule has 0 aliphatic carbocycles. The van der Waals surface area contributed by atoms with Gasteiger partial charge in [-0.25, -0.2) is 0 Å². The fourth-order valence-corrected chi connectivity index (χ4v) is 1.02. The van der Waals surface area contributed by atoms with Gasteiger partial charge in [-0.1, -0.05) is 25.0 Å². The molecule has 0 saturated heterocycles. The lowest BCUT2D eigenvalue weighted by Crippen LogP contribution is -2.14. The van der Waals surface area contributed by atoms with E-state index in [4.69, 9.17) is 5.11 Å². The number of hydrogen-bond acceptors (Lipinski definition) is 2. The summed E-state index contributed by atoms with van der Waals surface area (Å²) in [6.07, 6.45) is 8.73. The molecule has 0 aliphatic rings. The Morgan fingerprint density at radius 2 is 1.92 bits per heavy atom. The van der Waals surface area contributed by atoms with Crippen molar-refractivity contribution in [2.75, 3.05) is 19.7 Å². The van der Waals surface area contributed by atoms with Gasteiger partial charge in [-0.15, -0.1) is 0 Å². The minimum absolute atomic E-state index is 0.339. The molecular weight excluding hydrogens is 150 g/mol. The molecule has 0 radical (unpaired) electrons. The van der Waals surface area contributed by atoms with Crippen LogP contribution in [0.1, 0.15) is 32.6 Å². The molecule has 0 aromatic carbocycles. The zero-order chi connectivity index (χ0) is 9.07. The molecule has 0 atom stereocenters. The molecule has 0 aliphatic heterocycles. The lowest BCUT2D eigenvalue weighted by molar-refractivity contribution is 0.282. The summed E-state index contributed by atoms with van der Waals surface area (Å²) in [6.45, 7) is 4.45. The quantitative estimate of drug-likeness (QED) is 0.430. The van der Waals surface area contributed by atoms with Crippen molar-refractivity contribution in [1.82, 2.24) is 5.32 Å². The second-order valence-electron chi connectivity index (χ2n) is 2.91. The summed E-state index contributed by atoms with van der Waals surface area (Å²) in [6, 6.07) is 0. The first kappa shape index (κ1) is 11.7. The molecule has 2 N–H and O–H groups in total. The topological polar surface area (TPSA) is 32.3 Å². The van der Waals surface area contributed by atoms with Gasteiger partial charge in [-0.2, -0.15) is 0 Å². The summed E-state index contributed by atoms with van der Waals surface area (Å²) < 4.78 is 0. The van der Waals surface area contributed by atoms with Gasteiger partial charge < -0.3 is 10.4 Å². The van der Waals surface area contributed by atoms with Crippen LogP contribution in [-0.4, -0.2) is 24.8 Å². The Hall–Kier alpha value is -0.340. The van der Waals surface area contributed by atoms with Gasteiger partial charge in [0.25, 0.3) is 0 Å². The normalized spacial score (nSPS) is 11.2. The molecule has 0 unspecified atom stereocenters. The van der Waals surface area contributed by atoms with Crippen LogP contribution >= 0.6 is 0 Å². The van der Waals surface area contributed by atoms with Crippen LogP contribution in [0.25, 0.3) is 0 Å².